The molecule has 0 aliphatic heterocycles. The number of rotatable bonds is 0. The average molecular weight is 154 g/mol. The molecule has 0 spiro atoms. The Morgan fingerprint density at radius 2 is 2.00 bits per heavy atom. The van der Waals surface area contributed by atoms with E-state index in [0.717, 1.165) is 6.42 Å². The van der Waals surface area contributed by atoms with E-state index in [4.69, 9.17) is 0 Å². The van der Waals surface area contributed by atoms with Crippen LogP contribution in [0.1, 0.15) is 33.6 Å². The minimum absolute atomic E-state index is 0.168. The van der Waals surface area contributed by atoms with Crippen LogP contribution in [0.4, 0.5) is 0 Å². The van der Waals surface area contributed by atoms with Gasteiger partial charge in [0.05, 0.1) is 6.10 Å². The summed E-state index contributed by atoms with van der Waals surface area (Å²) in [6, 6.07) is 0. The normalized spacial score (nSPS) is 42.9. The Labute approximate surface area is 69.1 Å². The van der Waals surface area contributed by atoms with E-state index in [0.29, 0.717) is 11.8 Å². The molecule has 1 aliphatic rings. The van der Waals surface area contributed by atoms with Crippen LogP contribution >= 0.6 is 0 Å². The summed E-state index contributed by atoms with van der Waals surface area (Å²) in [5.74, 6) is 1.27. The third-order valence-corrected chi connectivity index (χ3v) is 2.67. The van der Waals surface area contributed by atoms with E-state index in [1.807, 2.05) is 6.92 Å². The lowest BCUT2D eigenvalue weighted by atomic mass is 9.78. The van der Waals surface area contributed by atoms with Crippen LogP contribution in [-0.4, -0.2) is 11.2 Å². The van der Waals surface area contributed by atoms with Crippen LogP contribution in [0.2, 0.25) is 0 Å². The fourth-order valence-electron chi connectivity index (χ4n) is 2.16. The van der Waals surface area contributed by atoms with Crippen molar-refractivity contribution in [2.45, 2.75) is 39.7 Å². The topological polar surface area (TPSA) is 20.2 Å². The quantitative estimate of drug-likeness (QED) is 0.531. The van der Waals surface area contributed by atoms with Gasteiger partial charge >= 0.3 is 0 Å². The van der Waals surface area contributed by atoms with Gasteiger partial charge in [-0.15, -0.1) is 0 Å². The zero-order chi connectivity index (χ0) is 8.43. The third-order valence-electron chi connectivity index (χ3n) is 2.67. The predicted molar refractivity (Wildman–Crippen MR) is 47.3 cm³/mol. The summed E-state index contributed by atoms with van der Waals surface area (Å²) in [4.78, 5) is 0. The standard InChI is InChI=1S/C10H18O/c1-4-9-8(3)5-7(2)6-10(9)11/h4,7-8,10-11H,5-6H2,1-3H3/b9-4+/t7-,8-,10+/m1/s1. The molecule has 0 heterocycles. The molecular weight excluding hydrogens is 136 g/mol. The van der Waals surface area contributed by atoms with Gasteiger partial charge in [-0.25, -0.2) is 0 Å². The Morgan fingerprint density at radius 3 is 2.45 bits per heavy atom. The van der Waals surface area contributed by atoms with E-state index >= 15 is 0 Å². The van der Waals surface area contributed by atoms with Gasteiger partial charge in [-0.05, 0) is 37.2 Å². The van der Waals surface area contributed by atoms with Crippen molar-refractivity contribution in [3.8, 4) is 0 Å². The van der Waals surface area contributed by atoms with Gasteiger partial charge in [-0.2, -0.15) is 0 Å². The molecule has 1 fully saturated rings. The molecule has 0 aromatic rings. The molecule has 0 amide bonds. The second-order valence-electron chi connectivity index (χ2n) is 3.78. The van der Waals surface area contributed by atoms with Crippen molar-refractivity contribution in [3.05, 3.63) is 11.6 Å². The summed E-state index contributed by atoms with van der Waals surface area (Å²) in [6.45, 7) is 6.44. The monoisotopic (exact) mass is 154 g/mol. The molecule has 11 heavy (non-hydrogen) atoms. The molecule has 1 rings (SSSR count). The highest BCUT2D eigenvalue weighted by molar-refractivity contribution is 5.13. The van der Waals surface area contributed by atoms with E-state index in [2.05, 4.69) is 19.9 Å². The molecule has 0 bridgehead atoms. The lowest BCUT2D eigenvalue weighted by Gasteiger charge is -2.31. The summed E-state index contributed by atoms with van der Waals surface area (Å²) in [7, 11) is 0. The highest BCUT2D eigenvalue weighted by Gasteiger charge is 2.26. The van der Waals surface area contributed by atoms with E-state index in [9.17, 15) is 5.11 Å². The van der Waals surface area contributed by atoms with Gasteiger partial charge in [0.15, 0.2) is 0 Å². The molecule has 0 aromatic carbocycles. The molecule has 64 valence electrons. The molecule has 3 atom stereocenters. The van der Waals surface area contributed by atoms with E-state index < -0.39 is 0 Å². The van der Waals surface area contributed by atoms with E-state index in [1.54, 1.807) is 0 Å². The van der Waals surface area contributed by atoms with E-state index in [-0.39, 0.29) is 6.10 Å². The fourth-order valence-corrected chi connectivity index (χ4v) is 2.16. The van der Waals surface area contributed by atoms with Crippen LogP contribution in [0.15, 0.2) is 11.6 Å². The second kappa shape index (κ2) is 3.40. The van der Waals surface area contributed by atoms with Gasteiger partial charge in [0.2, 0.25) is 0 Å². The maximum atomic E-state index is 9.64. The molecule has 0 unspecified atom stereocenters. The smallest absolute Gasteiger partial charge is 0.0755 e. The number of aliphatic hydroxyl groups is 1. The van der Waals surface area contributed by atoms with Crippen molar-refractivity contribution < 1.29 is 5.11 Å². The molecule has 1 saturated carbocycles. The summed E-state index contributed by atoms with van der Waals surface area (Å²) in [6.07, 6.45) is 4.08. The Hall–Kier alpha value is -0.300. The van der Waals surface area contributed by atoms with Gasteiger partial charge in [0.1, 0.15) is 0 Å². The SMILES string of the molecule is C/C=C1\[C@H](C)C[C@@H](C)C[C@@H]1O. The van der Waals surface area contributed by atoms with E-state index in [1.165, 1.54) is 12.0 Å². The third kappa shape index (κ3) is 1.84. The maximum absolute atomic E-state index is 9.64. The van der Waals surface area contributed by atoms with Crippen molar-refractivity contribution in [1.82, 2.24) is 0 Å². The Kier molecular flexibility index (Phi) is 2.72. The van der Waals surface area contributed by atoms with Crippen LogP contribution < -0.4 is 0 Å². The van der Waals surface area contributed by atoms with Gasteiger partial charge in [-0.3, -0.25) is 0 Å². The van der Waals surface area contributed by atoms with Crippen LogP contribution in [0.3, 0.4) is 0 Å². The number of aliphatic hydroxyl groups excluding tert-OH is 1. The largest absolute Gasteiger partial charge is 0.389 e. The molecule has 1 heteroatoms. The molecule has 1 aliphatic carbocycles. The highest BCUT2D eigenvalue weighted by Crippen LogP contribution is 2.32. The summed E-state index contributed by atoms with van der Waals surface area (Å²) in [5, 5.41) is 9.64. The van der Waals surface area contributed by atoms with Crippen molar-refractivity contribution >= 4 is 0 Å². The fraction of sp³-hybridized carbons (Fsp3) is 0.800. The molecule has 0 saturated heterocycles. The minimum Gasteiger partial charge on any atom is -0.389 e. The highest BCUT2D eigenvalue weighted by atomic mass is 16.3. The minimum atomic E-state index is -0.168. The van der Waals surface area contributed by atoms with Crippen LogP contribution in [0, 0.1) is 11.8 Å². The number of allylic oxidation sites excluding steroid dienone is 1. The van der Waals surface area contributed by atoms with Crippen molar-refractivity contribution in [3.63, 3.8) is 0 Å². The first-order valence-corrected chi connectivity index (χ1v) is 4.49. The van der Waals surface area contributed by atoms with Crippen molar-refractivity contribution in [2.75, 3.05) is 0 Å². The Bertz CT molecular complexity index is 146. The first-order chi connectivity index (χ1) is 5.15. The lowest BCUT2D eigenvalue weighted by Crippen LogP contribution is -2.26. The maximum Gasteiger partial charge on any atom is 0.0755 e. The van der Waals surface area contributed by atoms with Gasteiger partial charge in [0, 0.05) is 0 Å². The zero-order valence-electron chi connectivity index (χ0n) is 7.67. The lowest BCUT2D eigenvalue weighted by molar-refractivity contribution is 0.135. The summed E-state index contributed by atoms with van der Waals surface area (Å²) >= 11 is 0. The van der Waals surface area contributed by atoms with Gasteiger partial charge < -0.3 is 5.11 Å². The van der Waals surface area contributed by atoms with Gasteiger partial charge in [-0.1, -0.05) is 19.9 Å². The molecule has 1 nitrogen and oxygen atoms in total. The van der Waals surface area contributed by atoms with Crippen LogP contribution in [-0.2, 0) is 0 Å². The predicted octanol–water partition coefficient (Wildman–Crippen LogP) is 2.36. The van der Waals surface area contributed by atoms with Gasteiger partial charge in [0.25, 0.3) is 0 Å². The molecule has 0 aromatic heterocycles. The second-order valence-corrected chi connectivity index (χ2v) is 3.78. The number of hydrogen-bond acceptors (Lipinski definition) is 1. The summed E-state index contributed by atoms with van der Waals surface area (Å²) in [5.41, 5.74) is 1.24. The number of hydrogen-bond donors (Lipinski definition) is 1. The molecule has 1 N–H and O–H groups in total. The zero-order valence-corrected chi connectivity index (χ0v) is 7.67. The first-order valence-electron chi connectivity index (χ1n) is 4.49. The summed E-state index contributed by atoms with van der Waals surface area (Å²) < 4.78 is 0. The molecular formula is C10H18O. The van der Waals surface area contributed by atoms with Crippen LogP contribution in [0.25, 0.3) is 0 Å². The van der Waals surface area contributed by atoms with Crippen molar-refractivity contribution in [2.24, 2.45) is 11.8 Å². The Morgan fingerprint density at radius 1 is 1.36 bits per heavy atom. The van der Waals surface area contributed by atoms with Crippen LogP contribution in [0.5, 0.6) is 0 Å². The van der Waals surface area contributed by atoms with Crippen molar-refractivity contribution in [1.29, 1.82) is 0 Å². The molecule has 0 radical (unpaired) electrons. The first kappa shape index (κ1) is 8.79. The average Bonchev–Trinajstić information content (AvgIpc) is 1.85. The Balaban J connectivity index is 2.67.